The monoisotopic (exact) mass is 338 g/mol. The van der Waals surface area contributed by atoms with E-state index in [0.29, 0.717) is 24.3 Å². The van der Waals surface area contributed by atoms with Crippen LogP contribution in [0.25, 0.3) is 11.4 Å². The predicted molar refractivity (Wildman–Crippen MR) is 91.2 cm³/mol. The van der Waals surface area contributed by atoms with Gasteiger partial charge in [0.2, 0.25) is 0 Å². The summed E-state index contributed by atoms with van der Waals surface area (Å²) in [6, 6.07) is 8.99. The fourth-order valence-corrected chi connectivity index (χ4v) is 2.33. The summed E-state index contributed by atoms with van der Waals surface area (Å²) < 4.78 is 10.4. The lowest BCUT2D eigenvalue weighted by Crippen LogP contribution is -2.04. The van der Waals surface area contributed by atoms with Crippen LogP contribution in [0.3, 0.4) is 0 Å². The van der Waals surface area contributed by atoms with Crippen molar-refractivity contribution >= 4 is 5.97 Å². The van der Waals surface area contributed by atoms with Crippen molar-refractivity contribution in [1.29, 1.82) is 0 Å². The van der Waals surface area contributed by atoms with Gasteiger partial charge in [-0.1, -0.05) is 0 Å². The fraction of sp³-hybridized carbons (Fsp3) is 0.222. The highest BCUT2D eigenvalue weighted by Gasteiger charge is 2.06. The summed E-state index contributed by atoms with van der Waals surface area (Å²) in [5.41, 5.74) is 3.02. The predicted octanol–water partition coefficient (Wildman–Crippen LogP) is 2.66. The Bertz CT molecular complexity index is 817. The summed E-state index contributed by atoms with van der Waals surface area (Å²) in [4.78, 5) is 20.1. The van der Waals surface area contributed by atoms with Crippen LogP contribution in [-0.2, 0) is 11.2 Å². The van der Waals surface area contributed by atoms with Crippen molar-refractivity contribution in [3.63, 3.8) is 0 Å². The van der Waals surface area contributed by atoms with E-state index < -0.39 is 0 Å². The summed E-state index contributed by atoms with van der Waals surface area (Å²) in [6.45, 7) is 0.537. The number of carbonyl (C=O) groups excluding carboxylic acids is 1. The summed E-state index contributed by atoms with van der Waals surface area (Å²) in [5.74, 6) is 0.350. The number of aromatic amines is 1. The van der Waals surface area contributed by atoms with Crippen LogP contribution in [0, 0.1) is 0 Å². The lowest BCUT2D eigenvalue weighted by molar-refractivity contribution is 0.0600. The van der Waals surface area contributed by atoms with Crippen LogP contribution in [0.5, 0.6) is 5.75 Å². The zero-order chi connectivity index (χ0) is 17.5. The Kier molecular flexibility index (Phi) is 5.36. The second kappa shape index (κ2) is 8.05. The first-order valence-electron chi connectivity index (χ1n) is 7.88. The van der Waals surface area contributed by atoms with Gasteiger partial charge >= 0.3 is 5.97 Å². The maximum atomic E-state index is 11.5. The molecule has 0 radical (unpaired) electrons. The molecule has 3 aromatic heterocycles. The van der Waals surface area contributed by atoms with E-state index in [4.69, 9.17) is 9.47 Å². The SMILES string of the molecule is COC(=O)c1ccnc(CCCOc2ccc(-c3ccn[nH]3)nc2)c1. The molecule has 7 nitrogen and oxygen atoms in total. The van der Waals surface area contributed by atoms with Gasteiger partial charge in [0.1, 0.15) is 5.75 Å². The number of hydrogen-bond donors (Lipinski definition) is 1. The van der Waals surface area contributed by atoms with Gasteiger partial charge in [-0.25, -0.2) is 4.79 Å². The van der Waals surface area contributed by atoms with Crippen molar-refractivity contribution < 1.29 is 14.3 Å². The molecular weight excluding hydrogens is 320 g/mol. The van der Waals surface area contributed by atoms with Crippen LogP contribution in [-0.4, -0.2) is 39.9 Å². The standard InChI is InChI=1S/C18H18N4O3/c1-24-18(23)13-6-8-19-14(11-13)3-2-10-25-15-4-5-16(20-12-15)17-7-9-21-22-17/h4-9,11-12H,2-3,10H2,1H3,(H,21,22). The zero-order valence-corrected chi connectivity index (χ0v) is 13.8. The molecular formula is C18H18N4O3. The van der Waals surface area contributed by atoms with Gasteiger partial charge in [-0.3, -0.25) is 15.1 Å². The Hall–Kier alpha value is -3.22. The van der Waals surface area contributed by atoms with Gasteiger partial charge in [0, 0.05) is 18.1 Å². The van der Waals surface area contributed by atoms with Crippen LogP contribution in [0.4, 0.5) is 0 Å². The van der Waals surface area contributed by atoms with Gasteiger partial charge in [0.25, 0.3) is 0 Å². The van der Waals surface area contributed by atoms with Crippen molar-refractivity contribution in [2.24, 2.45) is 0 Å². The average Bonchev–Trinajstić information content (AvgIpc) is 3.20. The Morgan fingerprint density at radius 3 is 2.80 bits per heavy atom. The minimum absolute atomic E-state index is 0.358. The number of nitrogens with one attached hydrogen (secondary N) is 1. The highest BCUT2D eigenvalue weighted by molar-refractivity contribution is 5.89. The third-order valence-corrected chi connectivity index (χ3v) is 3.60. The summed E-state index contributed by atoms with van der Waals surface area (Å²) in [7, 11) is 1.36. The molecule has 0 saturated carbocycles. The number of pyridine rings is 2. The summed E-state index contributed by atoms with van der Waals surface area (Å²) in [6.07, 6.45) is 6.47. The van der Waals surface area contributed by atoms with E-state index in [1.165, 1.54) is 7.11 Å². The maximum Gasteiger partial charge on any atom is 0.337 e. The van der Waals surface area contributed by atoms with Gasteiger partial charge in [-0.2, -0.15) is 5.10 Å². The molecule has 0 spiro atoms. The average molecular weight is 338 g/mol. The number of hydrogen-bond acceptors (Lipinski definition) is 6. The van der Waals surface area contributed by atoms with Gasteiger partial charge in [-0.15, -0.1) is 0 Å². The van der Waals surface area contributed by atoms with Crippen molar-refractivity contribution in [3.05, 3.63) is 60.2 Å². The second-order valence-corrected chi connectivity index (χ2v) is 5.33. The molecule has 0 unspecified atom stereocenters. The molecule has 3 rings (SSSR count). The van der Waals surface area contributed by atoms with E-state index in [0.717, 1.165) is 23.5 Å². The Labute approximate surface area is 145 Å². The third kappa shape index (κ3) is 4.41. The topological polar surface area (TPSA) is 90.0 Å². The molecule has 25 heavy (non-hydrogen) atoms. The van der Waals surface area contributed by atoms with Crippen LogP contribution >= 0.6 is 0 Å². The first kappa shape index (κ1) is 16.6. The van der Waals surface area contributed by atoms with Crippen molar-refractivity contribution in [2.45, 2.75) is 12.8 Å². The van der Waals surface area contributed by atoms with Crippen molar-refractivity contribution in [2.75, 3.05) is 13.7 Å². The lowest BCUT2D eigenvalue weighted by Gasteiger charge is -2.07. The lowest BCUT2D eigenvalue weighted by atomic mass is 10.1. The Morgan fingerprint density at radius 2 is 2.08 bits per heavy atom. The molecule has 3 aromatic rings. The quantitative estimate of drug-likeness (QED) is 0.526. The molecule has 0 aromatic carbocycles. The number of nitrogens with zero attached hydrogens (tertiary/aromatic N) is 3. The minimum Gasteiger partial charge on any atom is -0.492 e. The van der Waals surface area contributed by atoms with E-state index in [-0.39, 0.29) is 5.97 Å². The minimum atomic E-state index is -0.358. The second-order valence-electron chi connectivity index (χ2n) is 5.33. The van der Waals surface area contributed by atoms with E-state index in [9.17, 15) is 4.79 Å². The van der Waals surface area contributed by atoms with E-state index >= 15 is 0 Å². The number of rotatable bonds is 7. The van der Waals surface area contributed by atoms with Crippen molar-refractivity contribution in [3.8, 4) is 17.1 Å². The molecule has 1 N–H and O–H groups in total. The normalized spacial score (nSPS) is 10.4. The van der Waals surface area contributed by atoms with E-state index in [2.05, 4.69) is 20.2 Å². The van der Waals surface area contributed by atoms with Crippen LogP contribution < -0.4 is 4.74 Å². The van der Waals surface area contributed by atoms with Gasteiger partial charge in [0.05, 0.1) is 36.9 Å². The van der Waals surface area contributed by atoms with Gasteiger partial charge < -0.3 is 9.47 Å². The molecule has 0 saturated heterocycles. The number of ether oxygens (including phenoxy) is 2. The fourth-order valence-electron chi connectivity index (χ4n) is 2.33. The molecule has 0 bridgehead atoms. The molecule has 0 aliphatic carbocycles. The Morgan fingerprint density at radius 1 is 1.16 bits per heavy atom. The molecule has 3 heterocycles. The number of methoxy groups -OCH3 is 1. The van der Waals surface area contributed by atoms with E-state index in [1.807, 2.05) is 18.2 Å². The largest absolute Gasteiger partial charge is 0.492 e. The van der Waals surface area contributed by atoms with Crippen LogP contribution in [0.1, 0.15) is 22.5 Å². The third-order valence-electron chi connectivity index (χ3n) is 3.60. The first-order valence-corrected chi connectivity index (χ1v) is 7.88. The molecule has 0 amide bonds. The molecule has 7 heteroatoms. The molecule has 0 aliphatic heterocycles. The van der Waals surface area contributed by atoms with Gasteiger partial charge in [0.15, 0.2) is 0 Å². The van der Waals surface area contributed by atoms with Crippen molar-refractivity contribution in [1.82, 2.24) is 20.2 Å². The summed E-state index contributed by atoms with van der Waals surface area (Å²) in [5, 5.41) is 6.77. The van der Waals surface area contributed by atoms with E-state index in [1.54, 1.807) is 30.7 Å². The highest BCUT2D eigenvalue weighted by Crippen LogP contribution is 2.17. The maximum absolute atomic E-state index is 11.5. The molecule has 0 fully saturated rings. The van der Waals surface area contributed by atoms with Crippen LogP contribution in [0.2, 0.25) is 0 Å². The highest BCUT2D eigenvalue weighted by atomic mass is 16.5. The number of aryl methyl sites for hydroxylation is 1. The van der Waals surface area contributed by atoms with Crippen LogP contribution in [0.15, 0.2) is 48.9 Å². The number of H-pyrrole nitrogens is 1. The molecule has 0 atom stereocenters. The Balaban J connectivity index is 1.48. The molecule has 128 valence electrons. The van der Waals surface area contributed by atoms with Gasteiger partial charge in [-0.05, 0) is 43.2 Å². The number of esters is 1. The summed E-state index contributed by atoms with van der Waals surface area (Å²) >= 11 is 0. The smallest absolute Gasteiger partial charge is 0.337 e. The number of carbonyl (C=O) groups is 1. The zero-order valence-electron chi connectivity index (χ0n) is 13.8. The molecule has 0 aliphatic rings. The number of aromatic nitrogens is 4. The first-order chi connectivity index (χ1) is 12.3.